The van der Waals surface area contributed by atoms with E-state index >= 15 is 0 Å². The lowest BCUT2D eigenvalue weighted by molar-refractivity contribution is -0.930. The van der Waals surface area contributed by atoms with E-state index in [9.17, 15) is 15.2 Å². The van der Waals surface area contributed by atoms with Crippen molar-refractivity contribution in [1.82, 2.24) is 9.13 Å². The van der Waals surface area contributed by atoms with Crippen LogP contribution in [0.3, 0.4) is 0 Å². The standard InChI is InChI=1S/C20H22N4O4S/c1-28-19-7-3-2-6-17(19)23-16-9-8-14(24(26)27)11-18(16)22(20(23)29)13-21-10-4-5-15(25)12-21/h2-3,6-9,11,15,25H,4-5,10,12-13H2,1H3/p+1/t15-/m1/s1. The number of aromatic nitrogens is 2. The summed E-state index contributed by atoms with van der Waals surface area (Å²) in [7, 11) is 1.60. The van der Waals surface area contributed by atoms with Gasteiger partial charge in [-0.1, -0.05) is 12.1 Å². The number of fused-ring (bicyclic) bond motifs is 1. The first kappa shape index (κ1) is 19.6. The molecule has 0 spiro atoms. The number of non-ortho nitro benzene ring substituents is 1. The maximum absolute atomic E-state index is 11.4. The molecule has 1 saturated heterocycles. The van der Waals surface area contributed by atoms with Crippen molar-refractivity contribution in [2.24, 2.45) is 0 Å². The number of rotatable bonds is 5. The predicted molar refractivity (Wildman–Crippen MR) is 111 cm³/mol. The van der Waals surface area contributed by atoms with E-state index in [1.807, 2.05) is 33.4 Å². The Labute approximate surface area is 172 Å². The van der Waals surface area contributed by atoms with Crippen LogP contribution in [0.1, 0.15) is 12.8 Å². The molecule has 0 bridgehead atoms. The minimum atomic E-state index is -0.398. The van der Waals surface area contributed by atoms with Gasteiger partial charge in [0, 0.05) is 12.1 Å². The van der Waals surface area contributed by atoms with E-state index in [0.717, 1.165) is 30.6 Å². The summed E-state index contributed by atoms with van der Waals surface area (Å²) in [6, 6.07) is 12.3. The van der Waals surface area contributed by atoms with Gasteiger partial charge in [-0.05, 0) is 43.3 Å². The quantitative estimate of drug-likeness (QED) is 0.379. The predicted octanol–water partition coefficient (Wildman–Crippen LogP) is 2.08. The Bertz CT molecular complexity index is 1120. The van der Waals surface area contributed by atoms with Gasteiger partial charge in [0.25, 0.3) is 5.69 Å². The zero-order valence-electron chi connectivity index (χ0n) is 16.1. The zero-order valence-corrected chi connectivity index (χ0v) is 16.9. The largest absolute Gasteiger partial charge is 0.495 e. The third-order valence-corrected chi connectivity index (χ3v) is 5.83. The highest BCUT2D eigenvalue weighted by molar-refractivity contribution is 7.71. The van der Waals surface area contributed by atoms with Crippen LogP contribution in [-0.4, -0.2) is 45.5 Å². The Morgan fingerprint density at radius 3 is 2.83 bits per heavy atom. The molecule has 2 heterocycles. The Balaban J connectivity index is 1.91. The van der Waals surface area contributed by atoms with Crippen molar-refractivity contribution < 1.29 is 19.7 Å². The normalized spacial score (nSPS) is 19.4. The molecule has 2 atom stereocenters. The molecule has 8 nitrogen and oxygen atoms in total. The van der Waals surface area contributed by atoms with E-state index in [1.165, 1.54) is 11.0 Å². The van der Waals surface area contributed by atoms with E-state index in [4.69, 9.17) is 17.0 Å². The van der Waals surface area contributed by atoms with E-state index in [1.54, 1.807) is 19.2 Å². The molecule has 0 saturated carbocycles. The summed E-state index contributed by atoms with van der Waals surface area (Å²) >= 11 is 5.81. The van der Waals surface area contributed by atoms with Gasteiger partial charge in [0.15, 0.2) is 11.4 Å². The van der Waals surface area contributed by atoms with Crippen molar-refractivity contribution in [2.45, 2.75) is 25.6 Å². The second-order valence-corrected chi connectivity index (χ2v) is 7.67. The summed E-state index contributed by atoms with van der Waals surface area (Å²) in [5, 5.41) is 21.4. The monoisotopic (exact) mass is 415 g/mol. The third-order valence-electron chi connectivity index (χ3n) is 5.42. The lowest BCUT2D eigenvalue weighted by atomic mass is 10.1. The van der Waals surface area contributed by atoms with Crippen molar-refractivity contribution in [3.05, 3.63) is 57.3 Å². The fraction of sp³-hybridized carbons (Fsp3) is 0.350. The molecule has 0 radical (unpaired) electrons. The molecule has 0 aliphatic carbocycles. The molecule has 9 heteroatoms. The summed E-state index contributed by atoms with van der Waals surface area (Å²) in [6.07, 6.45) is 1.42. The Kier molecular flexibility index (Phi) is 5.35. The summed E-state index contributed by atoms with van der Waals surface area (Å²) in [5.41, 5.74) is 2.28. The van der Waals surface area contributed by atoms with Gasteiger partial charge in [-0.15, -0.1) is 0 Å². The van der Waals surface area contributed by atoms with Crippen molar-refractivity contribution in [3.8, 4) is 11.4 Å². The molecule has 29 heavy (non-hydrogen) atoms. The first-order valence-electron chi connectivity index (χ1n) is 9.54. The smallest absolute Gasteiger partial charge is 0.271 e. The first-order chi connectivity index (χ1) is 14.0. The highest BCUT2D eigenvalue weighted by atomic mass is 32.1. The van der Waals surface area contributed by atoms with Crippen LogP contribution in [0.2, 0.25) is 0 Å². The molecule has 1 aliphatic rings. The lowest BCUT2D eigenvalue weighted by Crippen LogP contribution is -3.13. The number of nitrogens with zero attached hydrogens (tertiary/aromatic N) is 3. The number of aliphatic hydroxyl groups excluding tert-OH is 1. The van der Waals surface area contributed by atoms with Crippen LogP contribution in [0.4, 0.5) is 5.69 Å². The molecule has 152 valence electrons. The maximum Gasteiger partial charge on any atom is 0.271 e. The Morgan fingerprint density at radius 1 is 1.31 bits per heavy atom. The molecule has 2 aromatic carbocycles. The van der Waals surface area contributed by atoms with Crippen molar-refractivity contribution >= 4 is 28.9 Å². The highest BCUT2D eigenvalue weighted by Gasteiger charge is 2.24. The SMILES string of the molecule is COc1ccccc1-n1c(=S)n(C[NH+]2CCC[C@@H](O)C2)c2cc([N+](=O)[O-])ccc21. The number of aliphatic hydroxyl groups is 1. The number of quaternary nitrogens is 1. The van der Waals surface area contributed by atoms with Gasteiger partial charge in [-0.3, -0.25) is 19.2 Å². The van der Waals surface area contributed by atoms with Crippen LogP contribution in [0.15, 0.2) is 42.5 Å². The fourth-order valence-electron chi connectivity index (χ4n) is 4.05. The van der Waals surface area contributed by atoms with Crippen LogP contribution >= 0.6 is 12.2 Å². The minimum Gasteiger partial charge on any atom is -0.495 e. The number of benzene rings is 2. The summed E-state index contributed by atoms with van der Waals surface area (Å²) in [6.45, 7) is 2.10. The number of hydrogen-bond acceptors (Lipinski definition) is 5. The van der Waals surface area contributed by atoms with Crippen molar-refractivity contribution in [1.29, 1.82) is 0 Å². The number of nitro groups is 1. The first-order valence-corrected chi connectivity index (χ1v) is 9.95. The molecule has 3 aromatic rings. The number of nitrogens with one attached hydrogen (secondary N) is 1. The average Bonchev–Trinajstić information content (AvgIpc) is 2.98. The second-order valence-electron chi connectivity index (χ2n) is 7.31. The number of imidazole rings is 1. The molecule has 4 rings (SSSR count). The van der Waals surface area contributed by atoms with Gasteiger partial charge in [0.05, 0.1) is 35.3 Å². The molecule has 1 aromatic heterocycles. The number of methoxy groups -OCH3 is 1. The Hall–Kier alpha value is -2.75. The second kappa shape index (κ2) is 7.94. The molecule has 1 fully saturated rings. The number of likely N-dealkylation sites (tertiary alicyclic amines) is 1. The van der Waals surface area contributed by atoms with E-state index in [-0.39, 0.29) is 11.8 Å². The number of piperidine rings is 1. The van der Waals surface area contributed by atoms with Crippen LogP contribution in [0.5, 0.6) is 5.75 Å². The fourth-order valence-corrected chi connectivity index (χ4v) is 4.41. The molecule has 1 aliphatic heterocycles. The zero-order chi connectivity index (χ0) is 20.5. The van der Waals surface area contributed by atoms with Crippen molar-refractivity contribution in [2.75, 3.05) is 20.2 Å². The van der Waals surface area contributed by atoms with Gasteiger partial charge in [-0.25, -0.2) is 0 Å². The molecular formula is C20H23N4O4S+. The van der Waals surface area contributed by atoms with Gasteiger partial charge in [0.2, 0.25) is 0 Å². The number of hydrogen-bond donors (Lipinski definition) is 2. The van der Waals surface area contributed by atoms with Crippen LogP contribution in [-0.2, 0) is 6.67 Å². The van der Waals surface area contributed by atoms with Gasteiger partial charge >= 0.3 is 0 Å². The number of para-hydroxylation sites is 2. The third kappa shape index (κ3) is 3.64. The Morgan fingerprint density at radius 2 is 2.10 bits per heavy atom. The summed E-state index contributed by atoms with van der Waals surface area (Å²) < 4.78 is 9.88. The molecule has 1 unspecified atom stereocenters. The minimum absolute atomic E-state index is 0.0205. The van der Waals surface area contributed by atoms with Gasteiger partial charge in [0.1, 0.15) is 18.4 Å². The topological polar surface area (TPSA) is 86.9 Å². The summed E-state index contributed by atoms with van der Waals surface area (Å²) in [4.78, 5) is 12.2. The lowest BCUT2D eigenvalue weighted by Gasteiger charge is -2.27. The average molecular weight is 415 g/mol. The molecule has 2 N–H and O–H groups in total. The van der Waals surface area contributed by atoms with E-state index in [0.29, 0.717) is 29.3 Å². The van der Waals surface area contributed by atoms with Crippen molar-refractivity contribution in [3.63, 3.8) is 0 Å². The van der Waals surface area contributed by atoms with Crippen LogP contribution in [0.25, 0.3) is 16.7 Å². The highest BCUT2D eigenvalue weighted by Crippen LogP contribution is 2.30. The van der Waals surface area contributed by atoms with Gasteiger partial charge < -0.3 is 14.7 Å². The van der Waals surface area contributed by atoms with Crippen LogP contribution in [0, 0.1) is 14.9 Å². The number of ether oxygens (including phenoxy) is 1. The van der Waals surface area contributed by atoms with Crippen LogP contribution < -0.4 is 9.64 Å². The summed E-state index contributed by atoms with van der Waals surface area (Å²) in [5.74, 6) is 0.668. The number of nitro benzene ring substituents is 1. The molecule has 0 amide bonds. The van der Waals surface area contributed by atoms with E-state index in [2.05, 4.69) is 0 Å². The maximum atomic E-state index is 11.4. The van der Waals surface area contributed by atoms with Gasteiger partial charge in [-0.2, -0.15) is 0 Å². The van der Waals surface area contributed by atoms with E-state index < -0.39 is 4.92 Å². The molecular weight excluding hydrogens is 392 g/mol.